The Morgan fingerprint density at radius 1 is 0.906 bits per heavy atom. The van der Waals surface area contributed by atoms with Gasteiger partial charge in [0.15, 0.2) is 0 Å². The van der Waals surface area contributed by atoms with Gasteiger partial charge in [0.2, 0.25) is 11.8 Å². The van der Waals surface area contributed by atoms with E-state index in [9.17, 15) is 0 Å². The molecule has 0 aliphatic heterocycles. The number of pyridine rings is 1. The lowest BCUT2D eigenvalue weighted by Crippen LogP contribution is -2.03. The second-order valence-electron chi connectivity index (χ2n) is 7.19. The maximum atomic E-state index is 6.01. The van der Waals surface area contributed by atoms with Gasteiger partial charge < -0.3 is 10.2 Å². The van der Waals surface area contributed by atoms with E-state index in [0.717, 1.165) is 28.9 Å². The highest BCUT2D eigenvalue weighted by atomic mass is 16.3. The first-order chi connectivity index (χ1) is 15.7. The van der Waals surface area contributed by atoms with Gasteiger partial charge in [0.25, 0.3) is 0 Å². The van der Waals surface area contributed by atoms with Gasteiger partial charge in [-0.2, -0.15) is 0 Å². The summed E-state index contributed by atoms with van der Waals surface area (Å²) in [6.45, 7) is 2.60. The minimum absolute atomic E-state index is 0.158. The lowest BCUT2D eigenvalue weighted by Gasteiger charge is -2.06. The number of aromatic nitrogens is 7. The minimum Gasteiger partial charge on any atom is -0.445 e. The van der Waals surface area contributed by atoms with Crippen LogP contribution in [0.25, 0.3) is 34.1 Å². The summed E-state index contributed by atoms with van der Waals surface area (Å²) < 4.78 is 7.13. The molecule has 0 bridgehead atoms. The predicted octanol–water partition coefficient (Wildman–Crippen LogP) is 3.65. The van der Waals surface area contributed by atoms with E-state index < -0.39 is 0 Å². The van der Waals surface area contributed by atoms with E-state index in [4.69, 9.17) is 10.2 Å². The van der Waals surface area contributed by atoms with Crippen LogP contribution in [0, 0.1) is 0 Å². The molecule has 158 valence electrons. The third-order valence-electron chi connectivity index (χ3n) is 4.93. The van der Waals surface area contributed by atoms with Gasteiger partial charge in [-0.3, -0.25) is 4.98 Å². The average Bonchev–Trinajstić information content (AvgIpc) is 3.52. The fraction of sp³-hybridized carbons (Fsp3) is 0.130. The molecule has 4 heterocycles. The van der Waals surface area contributed by atoms with Crippen LogP contribution in [0.1, 0.15) is 18.3 Å². The van der Waals surface area contributed by atoms with Gasteiger partial charge in [-0.15, -0.1) is 5.10 Å². The number of hydrogen-bond donors (Lipinski definition) is 1. The summed E-state index contributed by atoms with van der Waals surface area (Å²) in [5.41, 5.74) is 11.6. The zero-order valence-corrected chi connectivity index (χ0v) is 17.4. The van der Waals surface area contributed by atoms with E-state index in [2.05, 4.69) is 37.2 Å². The second-order valence-corrected chi connectivity index (χ2v) is 7.19. The van der Waals surface area contributed by atoms with Crippen LogP contribution < -0.4 is 5.73 Å². The molecule has 0 radical (unpaired) electrons. The van der Waals surface area contributed by atoms with Crippen molar-refractivity contribution in [2.45, 2.75) is 19.9 Å². The van der Waals surface area contributed by atoms with E-state index in [-0.39, 0.29) is 5.95 Å². The molecule has 0 saturated carbocycles. The van der Waals surface area contributed by atoms with Crippen molar-refractivity contribution in [3.05, 3.63) is 78.6 Å². The lowest BCUT2D eigenvalue weighted by atomic mass is 10.1. The normalized spacial score (nSPS) is 11.0. The number of anilines is 1. The van der Waals surface area contributed by atoms with Crippen molar-refractivity contribution in [2.24, 2.45) is 0 Å². The molecule has 4 aromatic heterocycles. The standard InChI is InChI=1S/C23H20N8O/c1-2-17-7-4-8-18(26-17)13-31-14-21(29-30-31)20-12-19(27-23(24)28-20)15-5-3-6-16(11-15)22-25-9-10-32-22/h3-12,14H,2,13H2,1H3,(H2,24,27,28). The number of benzene rings is 1. The fourth-order valence-electron chi connectivity index (χ4n) is 3.40. The van der Waals surface area contributed by atoms with Crippen LogP contribution in [0.5, 0.6) is 0 Å². The smallest absolute Gasteiger partial charge is 0.225 e. The highest BCUT2D eigenvalue weighted by Gasteiger charge is 2.12. The van der Waals surface area contributed by atoms with Gasteiger partial charge in [0, 0.05) is 16.8 Å². The SMILES string of the molecule is CCc1cccc(Cn2cc(-c3cc(-c4cccc(-c5ncco5)c4)nc(N)n3)nn2)n1. The molecule has 0 aliphatic carbocycles. The summed E-state index contributed by atoms with van der Waals surface area (Å²) in [6, 6.07) is 15.6. The number of nitrogens with two attached hydrogens (primary N) is 1. The Hall–Kier alpha value is -4.40. The van der Waals surface area contributed by atoms with Crippen molar-refractivity contribution in [3.8, 4) is 34.1 Å². The maximum Gasteiger partial charge on any atom is 0.225 e. The van der Waals surface area contributed by atoms with Crippen molar-refractivity contribution >= 4 is 5.95 Å². The first-order valence-corrected chi connectivity index (χ1v) is 10.2. The summed E-state index contributed by atoms with van der Waals surface area (Å²) in [5, 5.41) is 8.50. The van der Waals surface area contributed by atoms with Crippen LogP contribution >= 0.6 is 0 Å². The lowest BCUT2D eigenvalue weighted by molar-refractivity contribution is 0.574. The van der Waals surface area contributed by atoms with E-state index in [1.54, 1.807) is 17.1 Å². The maximum absolute atomic E-state index is 6.01. The molecular formula is C23H20N8O. The summed E-state index contributed by atoms with van der Waals surface area (Å²) in [4.78, 5) is 17.6. The third-order valence-corrected chi connectivity index (χ3v) is 4.93. The van der Waals surface area contributed by atoms with Crippen molar-refractivity contribution < 1.29 is 4.42 Å². The van der Waals surface area contributed by atoms with Crippen LogP contribution in [0.15, 0.2) is 71.6 Å². The van der Waals surface area contributed by atoms with E-state index in [1.165, 1.54) is 0 Å². The predicted molar refractivity (Wildman–Crippen MR) is 119 cm³/mol. The number of nitrogen functional groups attached to an aromatic ring is 1. The Labute approximate surface area is 184 Å². The zero-order chi connectivity index (χ0) is 21.9. The van der Waals surface area contributed by atoms with Crippen LogP contribution in [-0.4, -0.2) is 34.9 Å². The van der Waals surface area contributed by atoms with Crippen molar-refractivity contribution in [1.29, 1.82) is 0 Å². The Bertz CT molecular complexity index is 1360. The van der Waals surface area contributed by atoms with Crippen LogP contribution in [0.3, 0.4) is 0 Å². The van der Waals surface area contributed by atoms with Crippen molar-refractivity contribution in [2.75, 3.05) is 5.73 Å². The molecule has 0 saturated heterocycles. The zero-order valence-electron chi connectivity index (χ0n) is 17.4. The summed E-state index contributed by atoms with van der Waals surface area (Å²) >= 11 is 0. The molecule has 0 amide bonds. The van der Waals surface area contributed by atoms with E-state index >= 15 is 0 Å². The van der Waals surface area contributed by atoms with Gasteiger partial charge in [-0.05, 0) is 36.8 Å². The van der Waals surface area contributed by atoms with Gasteiger partial charge >= 0.3 is 0 Å². The Balaban J connectivity index is 1.44. The molecule has 9 nitrogen and oxygen atoms in total. The van der Waals surface area contributed by atoms with Gasteiger partial charge in [-0.25, -0.2) is 19.6 Å². The van der Waals surface area contributed by atoms with Crippen LogP contribution in [0.4, 0.5) is 5.95 Å². The van der Waals surface area contributed by atoms with Crippen LogP contribution in [0.2, 0.25) is 0 Å². The van der Waals surface area contributed by atoms with E-state index in [0.29, 0.717) is 29.5 Å². The second kappa shape index (κ2) is 8.38. The molecule has 0 fully saturated rings. The molecular weight excluding hydrogens is 404 g/mol. The molecule has 5 aromatic rings. The Kier molecular flexibility index (Phi) is 5.12. The summed E-state index contributed by atoms with van der Waals surface area (Å²) in [6.07, 6.45) is 5.87. The molecule has 0 unspecified atom stereocenters. The van der Waals surface area contributed by atoms with Crippen molar-refractivity contribution in [1.82, 2.24) is 34.9 Å². The monoisotopic (exact) mass is 424 g/mol. The number of aryl methyl sites for hydroxylation is 1. The first kappa shape index (κ1) is 19.6. The molecule has 5 rings (SSSR count). The third kappa shape index (κ3) is 4.08. The molecule has 9 heteroatoms. The average molecular weight is 424 g/mol. The summed E-state index contributed by atoms with van der Waals surface area (Å²) in [5.74, 6) is 0.698. The van der Waals surface area contributed by atoms with Gasteiger partial charge in [0.05, 0.1) is 36.0 Å². The van der Waals surface area contributed by atoms with Crippen LogP contribution in [-0.2, 0) is 13.0 Å². The molecule has 2 N–H and O–H groups in total. The fourth-order valence-corrected chi connectivity index (χ4v) is 3.40. The highest BCUT2D eigenvalue weighted by molar-refractivity contribution is 5.71. The van der Waals surface area contributed by atoms with Gasteiger partial charge in [0.1, 0.15) is 12.0 Å². The quantitative estimate of drug-likeness (QED) is 0.438. The highest BCUT2D eigenvalue weighted by Crippen LogP contribution is 2.27. The van der Waals surface area contributed by atoms with Gasteiger partial charge in [-0.1, -0.05) is 30.3 Å². The topological polar surface area (TPSA) is 121 Å². The van der Waals surface area contributed by atoms with Crippen molar-refractivity contribution in [3.63, 3.8) is 0 Å². The Morgan fingerprint density at radius 2 is 1.72 bits per heavy atom. The molecule has 0 spiro atoms. The molecule has 0 aliphatic rings. The summed E-state index contributed by atoms with van der Waals surface area (Å²) in [7, 11) is 0. The number of rotatable bonds is 6. The first-order valence-electron chi connectivity index (χ1n) is 10.2. The number of oxazole rings is 1. The number of nitrogens with zero attached hydrogens (tertiary/aromatic N) is 7. The minimum atomic E-state index is 0.158. The largest absolute Gasteiger partial charge is 0.445 e. The molecule has 1 aromatic carbocycles. The molecule has 0 atom stereocenters. The number of hydrogen-bond acceptors (Lipinski definition) is 8. The molecule has 32 heavy (non-hydrogen) atoms. The Morgan fingerprint density at radius 3 is 2.56 bits per heavy atom. The van der Waals surface area contributed by atoms with E-state index in [1.807, 2.05) is 54.7 Å².